The van der Waals surface area contributed by atoms with Crippen LogP contribution in [0.3, 0.4) is 0 Å². The number of aromatic nitrogens is 1. The van der Waals surface area contributed by atoms with Crippen molar-refractivity contribution in [2.45, 2.75) is 30.6 Å². The summed E-state index contributed by atoms with van der Waals surface area (Å²) < 4.78 is 21.7. The van der Waals surface area contributed by atoms with Crippen molar-refractivity contribution in [1.29, 1.82) is 0 Å². The molecule has 2 aliphatic heterocycles. The molecule has 2 fully saturated rings. The van der Waals surface area contributed by atoms with E-state index in [4.69, 9.17) is 16.2 Å². The number of morpholine rings is 1. The van der Waals surface area contributed by atoms with Crippen LogP contribution in [0.25, 0.3) is 22.9 Å². The van der Waals surface area contributed by atoms with Crippen LogP contribution in [0.5, 0.6) is 5.75 Å². The van der Waals surface area contributed by atoms with E-state index in [-0.39, 0.29) is 24.3 Å². The number of carbonyl (C=O) groups excluding carboxylic acids is 1. The third-order valence-electron chi connectivity index (χ3n) is 7.10. The number of para-hydroxylation sites is 1. The lowest BCUT2D eigenvalue weighted by atomic mass is 9.79. The first-order valence-corrected chi connectivity index (χ1v) is 11.9. The number of fused-ring (bicyclic) bond motifs is 2. The van der Waals surface area contributed by atoms with Crippen LogP contribution in [0.1, 0.15) is 29.2 Å². The van der Waals surface area contributed by atoms with E-state index in [1.54, 1.807) is 35.2 Å². The third kappa shape index (κ3) is 4.03. The number of halogens is 1. The molecule has 8 heteroatoms. The molecular formula is C28H29FN4O3. The van der Waals surface area contributed by atoms with Gasteiger partial charge in [0.2, 0.25) is 5.91 Å². The van der Waals surface area contributed by atoms with Crippen LogP contribution in [0.2, 0.25) is 0 Å². The number of carbonyl (C=O) groups is 1. The molecule has 0 spiro atoms. The molecule has 1 aromatic heterocycles. The van der Waals surface area contributed by atoms with E-state index in [0.717, 1.165) is 11.1 Å². The van der Waals surface area contributed by atoms with Gasteiger partial charge in [-0.2, -0.15) is 0 Å². The molecule has 3 heterocycles. The minimum absolute atomic E-state index is 0.0535. The number of piperidine rings is 1. The van der Waals surface area contributed by atoms with Crippen molar-refractivity contribution in [3.05, 3.63) is 84.1 Å². The number of aromatic hydroxyl groups is 1. The fourth-order valence-electron chi connectivity index (χ4n) is 5.45. The van der Waals surface area contributed by atoms with Crippen molar-refractivity contribution in [3.8, 4) is 16.9 Å². The molecule has 0 aliphatic carbocycles. The third-order valence-corrected chi connectivity index (χ3v) is 7.10. The zero-order valence-corrected chi connectivity index (χ0v) is 19.7. The molecular weight excluding hydrogens is 459 g/mol. The minimum Gasteiger partial charge on any atom is -0.507 e. The van der Waals surface area contributed by atoms with Gasteiger partial charge in [0, 0.05) is 34.0 Å². The summed E-state index contributed by atoms with van der Waals surface area (Å²) >= 11 is 0. The molecule has 186 valence electrons. The van der Waals surface area contributed by atoms with Crippen LogP contribution >= 0.6 is 0 Å². The first-order chi connectivity index (χ1) is 17.4. The number of ether oxygens (including phenoxy) is 1. The van der Waals surface area contributed by atoms with Crippen LogP contribution in [0.4, 0.5) is 10.2 Å². The quantitative estimate of drug-likeness (QED) is 0.405. The Labute approximate surface area is 208 Å². The van der Waals surface area contributed by atoms with Crippen molar-refractivity contribution in [2.24, 2.45) is 5.73 Å². The van der Waals surface area contributed by atoms with Gasteiger partial charge in [0.1, 0.15) is 17.7 Å². The molecule has 3 aromatic rings. The van der Waals surface area contributed by atoms with E-state index in [0.29, 0.717) is 41.4 Å². The summed E-state index contributed by atoms with van der Waals surface area (Å²) in [6.45, 7) is 4.04. The summed E-state index contributed by atoms with van der Waals surface area (Å²) in [6, 6.07) is 15.4. The van der Waals surface area contributed by atoms with E-state index in [9.17, 15) is 9.90 Å². The minimum atomic E-state index is -1.38. The highest BCUT2D eigenvalue weighted by Crippen LogP contribution is 2.45. The number of aromatic amines is 1. The highest BCUT2D eigenvalue weighted by atomic mass is 19.1. The Hall–Kier alpha value is -4.04. The average Bonchev–Trinajstić information content (AvgIpc) is 3.21. The van der Waals surface area contributed by atoms with Crippen molar-refractivity contribution in [1.82, 2.24) is 9.88 Å². The van der Waals surface area contributed by atoms with Crippen LogP contribution in [-0.4, -0.2) is 52.4 Å². The molecule has 6 N–H and O–H groups in total. The Balaban J connectivity index is 1.63. The molecule has 4 atom stereocenters. The molecule has 2 bridgehead atoms. The van der Waals surface area contributed by atoms with Gasteiger partial charge in [-0.3, -0.25) is 4.79 Å². The normalized spacial score (nSPS) is 23.9. The summed E-state index contributed by atoms with van der Waals surface area (Å²) in [5, 5.41) is 10.3. The largest absolute Gasteiger partial charge is 0.507 e. The first kappa shape index (κ1) is 23.7. The number of hydrogen-bond donors (Lipinski definition) is 4. The number of phenols is 1. The Morgan fingerprint density at radius 1 is 1.17 bits per heavy atom. The molecule has 1 amide bonds. The first-order valence-electron chi connectivity index (χ1n) is 11.9. The number of hydrogen-bond acceptors (Lipinski definition) is 5. The monoisotopic (exact) mass is 488 g/mol. The van der Waals surface area contributed by atoms with E-state index in [2.05, 4.69) is 11.6 Å². The van der Waals surface area contributed by atoms with Crippen LogP contribution in [-0.2, 0) is 9.53 Å². The van der Waals surface area contributed by atoms with Crippen molar-refractivity contribution in [2.75, 3.05) is 18.9 Å². The number of alkyl halides is 1. The average molecular weight is 489 g/mol. The number of nitrogen functional groups attached to an aromatic ring is 1. The number of benzene rings is 2. The number of nitrogens with two attached hydrogens (primary N) is 2. The van der Waals surface area contributed by atoms with E-state index < -0.39 is 18.1 Å². The predicted octanol–water partition coefficient (Wildman–Crippen LogP) is 4.03. The fourth-order valence-corrected chi connectivity index (χ4v) is 5.45. The van der Waals surface area contributed by atoms with E-state index >= 15 is 4.39 Å². The lowest BCUT2D eigenvalue weighted by Crippen LogP contribution is -2.63. The lowest BCUT2D eigenvalue weighted by Gasteiger charge is -2.49. The Morgan fingerprint density at radius 3 is 2.61 bits per heavy atom. The standard InChI is InChI=1S/C28H29FN4O3/c1-2-24(35)33-17-12-20(26(29)22(33)15-36-14-17)27-25(16-8-4-3-5-9-16)19(28(31)32-27)13-21(30)18-10-6-7-11-23(18)34/h2-11,13,17,20,22,26,32,34H,1,12,14-15,30-31H2/b21-13-. The zero-order chi connectivity index (χ0) is 25.4. The number of phenolic OH excluding ortho intramolecular Hbond substituents is 1. The topological polar surface area (TPSA) is 118 Å². The Morgan fingerprint density at radius 2 is 1.89 bits per heavy atom. The number of amides is 1. The van der Waals surface area contributed by atoms with Crippen LogP contribution < -0.4 is 11.5 Å². The molecule has 36 heavy (non-hydrogen) atoms. The van der Waals surface area contributed by atoms with Crippen molar-refractivity contribution < 1.29 is 19.0 Å². The smallest absolute Gasteiger partial charge is 0.246 e. The van der Waals surface area contributed by atoms with Gasteiger partial charge in [0.25, 0.3) is 0 Å². The summed E-state index contributed by atoms with van der Waals surface area (Å²) in [5.41, 5.74) is 16.5. The molecule has 2 saturated heterocycles. The number of nitrogens with one attached hydrogen (secondary N) is 1. The Kier molecular flexibility index (Phi) is 6.28. The van der Waals surface area contributed by atoms with E-state index in [1.165, 1.54) is 6.08 Å². The van der Waals surface area contributed by atoms with Crippen molar-refractivity contribution >= 4 is 23.5 Å². The van der Waals surface area contributed by atoms with Gasteiger partial charge in [-0.1, -0.05) is 49.0 Å². The number of nitrogens with zero attached hydrogens (tertiary/aromatic N) is 1. The van der Waals surface area contributed by atoms with Crippen molar-refractivity contribution in [3.63, 3.8) is 0 Å². The molecule has 0 radical (unpaired) electrons. The molecule has 0 saturated carbocycles. The summed E-state index contributed by atoms with van der Waals surface area (Å²) in [6.07, 6.45) is 1.93. The van der Waals surface area contributed by atoms with Gasteiger partial charge in [0.05, 0.1) is 25.3 Å². The van der Waals surface area contributed by atoms with Gasteiger partial charge < -0.3 is 31.2 Å². The number of rotatable bonds is 5. The highest BCUT2D eigenvalue weighted by molar-refractivity contribution is 5.92. The van der Waals surface area contributed by atoms with Gasteiger partial charge in [0.15, 0.2) is 0 Å². The SMILES string of the molecule is C=CC(=O)N1C2COCC1C(F)C(c1[nH]c(N)c(/C=C(\N)c3ccccc3O)c1-c1ccccc1)C2. The van der Waals surface area contributed by atoms with Crippen LogP contribution in [0.15, 0.2) is 67.3 Å². The van der Waals surface area contributed by atoms with E-state index in [1.807, 2.05) is 30.3 Å². The zero-order valence-electron chi connectivity index (χ0n) is 19.7. The maximum absolute atomic E-state index is 16.1. The van der Waals surface area contributed by atoms with Gasteiger partial charge in [-0.25, -0.2) is 4.39 Å². The second-order valence-corrected chi connectivity index (χ2v) is 9.22. The fraction of sp³-hybridized carbons (Fsp3) is 0.250. The molecule has 2 aliphatic rings. The van der Waals surface area contributed by atoms with Gasteiger partial charge >= 0.3 is 0 Å². The molecule has 5 rings (SSSR count). The second kappa shape index (κ2) is 9.54. The maximum Gasteiger partial charge on any atom is 0.246 e. The highest BCUT2D eigenvalue weighted by Gasteiger charge is 2.49. The second-order valence-electron chi connectivity index (χ2n) is 9.22. The summed E-state index contributed by atoms with van der Waals surface area (Å²) in [4.78, 5) is 17.3. The van der Waals surface area contributed by atoms with Crippen LogP contribution in [0, 0.1) is 0 Å². The number of H-pyrrole nitrogens is 1. The van der Waals surface area contributed by atoms with Gasteiger partial charge in [-0.05, 0) is 36.3 Å². The summed E-state index contributed by atoms with van der Waals surface area (Å²) in [7, 11) is 0. The molecule has 7 nitrogen and oxygen atoms in total. The maximum atomic E-state index is 16.1. The molecule has 2 aromatic carbocycles. The van der Waals surface area contributed by atoms with Gasteiger partial charge in [-0.15, -0.1) is 0 Å². The lowest BCUT2D eigenvalue weighted by molar-refractivity contribution is -0.154. The predicted molar refractivity (Wildman–Crippen MR) is 138 cm³/mol. The summed E-state index contributed by atoms with van der Waals surface area (Å²) in [5.74, 6) is -0.426. The Bertz CT molecular complexity index is 1320. The molecule has 4 unspecified atom stereocenters. The number of anilines is 1.